The van der Waals surface area contributed by atoms with Gasteiger partial charge in [-0.3, -0.25) is 9.69 Å². The molecule has 96 valence electrons. The van der Waals surface area contributed by atoms with Crippen molar-refractivity contribution >= 4 is 17.3 Å². The smallest absolute Gasteiger partial charge is 0.236 e. The van der Waals surface area contributed by atoms with Crippen LogP contribution in [-0.2, 0) is 17.6 Å². The van der Waals surface area contributed by atoms with Crippen molar-refractivity contribution in [2.24, 2.45) is 0 Å². The molecule has 1 amide bonds. The molecule has 0 aliphatic carbocycles. The molecule has 0 saturated carbocycles. The fourth-order valence-corrected chi connectivity index (χ4v) is 2.64. The normalized spacial score (nSPS) is 13.7. The summed E-state index contributed by atoms with van der Waals surface area (Å²) < 4.78 is 0. The fraction of sp³-hybridized carbons (Fsp3) is 0.235. The van der Waals surface area contributed by atoms with Gasteiger partial charge < -0.3 is 0 Å². The Labute approximate surface area is 113 Å². The first-order chi connectivity index (χ1) is 9.29. The summed E-state index contributed by atoms with van der Waals surface area (Å²) in [6, 6.07) is 16.3. The van der Waals surface area contributed by atoms with Crippen LogP contribution in [0.15, 0.2) is 48.5 Å². The van der Waals surface area contributed by atoms with Gasteiger partial charge >= 0.3 is 0 Å². The van der Waals surface area contributed by atoms with E-state index >= 15 is 0 Å². The van der Waals surface area contributed by atoms with Crippen molar-refractivity contribution in [1.29, 1.82) is 0 Å². The Bertz CT molecular complexity index is 601. The van der Waals surface area contributed by atoms with Crippen molar-refractivity contribution in [1.82, 2.24) is 0 Å². The summed E-state index contributed by atoms with van der Waals surface area (Å²) in [4.78, 5) is 14.0. The minimum absolute atomic E-state index is 0.157. The third kappa shape index (κ3) is 2.14. The summed E-state index contributed by atoms with van der Waals surface area (Å²) in [5.74, 6) is 0.157. The Morgan fingerprint density at radius 3 is 2.53 bits per heavy atom. The second-order valence-electron chi connectivity index (χ2n) is 4.95. The first-order valence-electron chi connectivity index (χ1n) is 6.79. The van der Waals surface area contributed by atoms with Gasteiger partial charge in [0.15, 0.2) is 0 Å². The van der Waals surface area contributed by atoms with E-state index in [0.717, 1.165) is 29.8 Å². The number of hydrogen-bond acceptors (Lipinski definition) is 1. The summed E-state index contributed by atoms with van der Waals surface area (Å²) in [5.41, 5.74) is 4.43. The van der Waals surface area contributed by atoms with Crippen LogP contribution in [0, 0.1) is 0 Å². The third-order valence-electron chi connectivity index (χ3n) is 3.56. The van der Waals surface area contributed by atoms with E-state index in [1.54, 1.807) is 0 Å². The largest absolute Gasteiger partial charge is 0.280 e. The van der Waals surface area contributed by atoms with Crippen LogP contribution >= 0.6 is 0 Å². The highest BCUT2D eigenvalue weighted by Crippen LogP contribution is 2.35. The maximum Gasteiger partial charge on any atom is 0.236 e. The van der Waals surface area contributed by atoms with Crippen molar-refractivity contribution in [2.45, 2.75) is 26.2 Å². The molecule has 0 fully saturated rings. The van der Waals surface area contributed by atoms with Gasteiger partial charge in [0.05, 0.1) is 12.1 Å². The maximum atomic E-state index is 12.2. The molecule has 19 heavy (non-hydrogen) atoms. The molecular weight excluding hydrogens is 234 g/mol. The van der Waals surface area contributed by atoms with E-state index in [1.165, 1.54) is 5.56 Å². The van der Waals surface area contributed by atoms with Crippen LogP contribution in [0.2, 0.25) is 0 Å². The monoisotopic (exact) mass is 251 g/mol. The van der Waals surface area contributed by atoms with Crippen LogP contribution in [0.1, 0.15) is 24.5 Å². The van der Waals surface area contributed by atoms with Crippen LogP contribution in [0.3, 0.4) is 0 Å². The van der Waals surface area contributed by atoms with E-state index in [2.05, 4.69) is 19.1 Å². The van der Waals surface area contributed by atoms with Crippen LogP contribution < -0.4 is 4.90 Å². The lowest BCUT2D eigenvalue weighted by Crippen LogP contribution is -2.20. The predicted molar refractivity (Wildman–Crippen MR) is 77.7 cm³/mol. The lowest BCUT2D eigenvalue weighted by Gasteiger charge is -2.17. The number of hydrogen-bond donors (Lipinski definition) is 0. The minimum atomic E-state index is 0.157. The van der Waals surface area contributed by atoms with Crippen LogP contribution in [0.5, 0.6) is 0 Å². The van der Waals surface area contributed by atoms with Gasteiger partial charge in [0.1, 0.15) is 0 Å². The van der Waals surface area contributed by atoms with Crippen molar-refractivity contribution in [3.05, 3.63) is 59.7 Å². The molecule has 2 heteroatoms. The number of benzene rings is 2. The number of aryl methyl sites for hydroxylation is 1. The van der Waals surface area contributed by atoms with E-state index in [9.17, 15) is 4.79 Å². The van der Waals surface area contributed by atoms with E-state index in [0.29, 0.717) is 6.42 Å². The van der Waals surface area contributed by atoms with E-state index < -0.39 is 0 Å². The number of fused-ring (bicyclic) bond motifs is 1. The van der Waals surface area contributed by atoms with Gasteiger partial charge in [0.2, 0.25) is 5.91 Å². The third-order valence-corrected chi connectivity index (χ3v) is 3.56. The van der Waals surface area contributed by atoms with E-state index in [-0.39, 0.29) is 5.91 Å². The zero-order valence-corrected chi connectivity index (χ0v) is 11.1. The lowest BCUT2D eigenvalue weighted by molar-refractivity contribution is -0.116. The molecule has 0 aromatic heterocycles. The molecule has 3 rings (SSSR count). The highest BCUT2D eigenvalue weighted by molar-refractivity contribution is 6.07. The molecule has 0 N–H and O–H groups in total. The Hall–Kier alpha value is -2.09. The molecule has 0 radical (unpaired) electrons. The van der Waals surface area contributed by atoms with Gasteiger partial charge in [-0.1, -0.05) is 43.7 Å². The quantitative estimate of drug-likeness (QED) is 0.811. The topological polar surface area (TPSA) is 20.3 Å². The molecule has 1 heterocycles. The van der Waals surface area contributed by atoms with Gasteiger partial charge in [-0.05, 0) is 35.7 Å². The fourth-order valence-electron chi connectivity index (χ4n) is 2.64. The number of para-hydroxylation sites is 1. The molecule has 2 aromatic rings. The highest BCUT2D eigenvalue weighted by Gasteiger charge is 2.27. The predicted octanol–water partition coefficient (Wildman–Crippen LogP) is 3.86. The second kappa shape index (κ2) is 4.88. The number of nitrogens with zero attached hydrogens (tertiary/aromatic N) is 1. The Morgan fingerprint density at radius 2 is 1.79 bits per heavy atom. The average molecular weight is 251 g/mol. The summed E-state index contributed by atoms with van der Waals surface area (Å²) in [6.45, 7) is 2.17. The Morgan fingerprint density at radius 1 is 1.05 bits per heavy atom. The molecule has 0 unspecified atom stereocenters. The number of rotatable bonds is 3. The zero-order valence-electron chi connectivity index (χ0n) is 11.1. The van der Waals surface area contributed by atoms with Crippen molar-refractivity contribution in [3.63, 3.8) is 0 Å². The highest BCUT2D eigenvalue weighted by atomic mass is 16.2. The van der Waals surface area contributed by atoms with Crippen LogP contribution in [-0.4, -0.2) is 5.91 Å². The summed E-state index contributed by atoms with van der Waals surface area (Å²) >= 11 is 0. The first-order valence-corrected chi connectivity index (χ1v) is 6.79. The second-order valence-corrected chi connectivity index (χ2v) is 4.95. The SMILES string of the molecule is CCCc1ccc(N2C(=O)Cc3ccccc32)cc1. The zero-order chi connectivity index (χ0) is 13.2. The number of carbonyl (C=O) groups is 1. The minimum Gasteiger partial charge on any atom is -0.280 e. The summed E-state index contributed by atoms with van der Waals surface area (Å²) in [7, 11) is 0. The summed E-state index contributed by atoms with van der Waals surface area (Å²) in [5, 5.41) is 0. The lowest BCUT2D eigenvalue weighted by atomic mass is 10.1. The first kappa shape index (κ1) is 12.0. The molecule has 1 aliphatic rings. The number of amides is 1. The van der Waals surface area contributed by atoms with Gasteiger partial charge in [-0.25, -0.2) is 0 Å². The van der Waals surface area contributed by atoms with E-state index in [4.69, 9.17) is 0 Å². The molecule has 2 aromatic carbocycles. The molecular formula is C17H17NO. The number of carbonyl (C=O) groups excluding carboxylic acids is 1. The van der Waals surface area contributed by atoms with E-state index in [1.807, 2.05) is 41.3 Å². The van der Waals surface area contributed by atoms with Crippen molar-refractivity contribution < 1.29 is 4.79 Å². The van der Waals surface area contributed by atoms with Gasteiger partial charge in [0, 0.05) is 5.69 Å². The molecule has 0 bridgehead atoms. The van der Waals surface area contributed by atoms with Crippen LogP contribution in [0.4, 0.5) is 11.4 Å². The molecule has 1 aliphatic heterocycles. The van der Waals surface area contributed by atoms with Gasteiger partial charge in [-0.2, -0.15) is 0 Å². The Kier molecular flexibility index (Phi) is 3.08. The molecule has 2 nitrogen and oxygen atoms in total. The van der Waals surface area contributed by atoms with Gasteiger partial charge in [0.25, 0.3) is 0 Å². The Balaban J connectivity index is 1.96. The maximum absolute atomic E-state index is 12.2. The van der Waals surface area contributed by atoms with Crippen molar-refractivity contribution in [3.8, 4) is 0 Å². The number of anilines is 2. The van der Waals surface area contributed by atoms with Crippen molar-refractivity contribution in [2.75, 3.05) is 4.90 Å². The summed E-state index contributed by atoms with van der Waals surface area (Å²) in [6.07, 6.45) is 2.74. The molecule has 0 saturated heterocycles. The average Bonchev–Trinajstić information content (AvgIpc) is 2.76. The van der Waals surface area contributed by atoms with Gasteiger partial charge in [-0.15, -0.1) is 0 Å². The standard InChI is InChI=1S/C17H17NO/c1-2-5-13-8-10-15(11-9-13)18-16-7-4-3-6-14(16)12-17(18)19/h3-4,6-11H,2,5,12H2,1H3. The molecule has 0 spiro atoms. The van der Waals surface area contributed by atoms with Crippen LogP contribution in [0.25, 0.3) is 0 Å². The molecule has 0 atom stereocenters.